The SMILES string of the molecule is O=C1C=C(CCc2cc(Cl)ccc2Cl)NNC1. The van der Waals surface area contributed by atoms with E-state index in [1.54, 1.807) is 18.2 Å². The number of carbonyl (C=O) groups is 1. The fourth-order valence-electron chi connectivity index (χ4n) is 1.67. The Labute approximate surface area is 110 Å². The number of carbonyl (C=O) groups excluding carboxylic acids is 1. The van der Waals surface area contributed by atoms with Crippen LogP contribution in [0.3, 0.4) is 0 Å². The lowest BCUT2D eigenvalue weighted by molar-refractivity contribution is -0.114. The summed E-state index contributed by atoms with van der Waals surface area (Å²) < 4.78 is 0. The van der Waals surface area contributed by atoms with Crippen molar-refractivity contribution in [1.82, 2.24) is 10.9 Å². The van der Waals surface area contributed by atoms with Crippen LogP contribution in [-0.4, -0.2) is 12.3 Å². The average Bonchev–Trinajstić information content (AvgIpc) is 2.30. The number of hydrogen-bond donors (Lipinski definition) is 2. The predicted molar refractivity (Wildman–Crippen MR) is 69.0 cm³/mol. The summed E-state index contributed by atoms with van der Waals surface area (Å²) in [6.45, 7) is 0.335. The summed E-state index contributed by atoms with van der Waals surface area (Å²) in [6.07, 6.45) is 3.08. The Balaban J connectivity index is 2.02. The van der Waals surface area contributed by atoms with E-state index in [1.165, 1.54) is 0 Å². The Kier molecular flexibility index (Phi) is 4.05. The standard InChI is InChI=1S/C12H12Cl2N2O/c13-9-2-4-12(14)8(5-9)1-3-10-6-11(17)7-15-16-10/h2,4-6,15-16H,1,3,7H2. The lowest BCUT2D eigenvalue weighted by Crippen LogP contribution is -2.39. The van der Waals surface area contributed by atoms with Gasteiger partial charge >= 0.3 is 0 Å². The Morgan fingerprint density at radius 1 is 1.24 bits per heavy atom. The minimum Gasteiger partial charge on any atom is -0.325 e. The zero-order chi connectivity index (χ0) is 12.3. The third-order valence-electron chi connectivity index (χ3n) is 2.52. The minimum absolute atomic E-state index is 0.0796. The summed E-state index contributed by atoms with van der Waals surface area (Å²) in [6, 6.07) is 5.39. The number of benzene rings is 1. The second-order valence-corrected chi connectivity index (χ2v) is 4.69. The van der Waals surface area contributed by atoms with Gasteiger partial charge < -0.3 is 5.43 Å². The molecular weight excluding hydrogens is 259 g/mol. The van der Waals surface area contributed by atoms with Gasteiger partial charge in [-0.25, -0.2) is 5.43 Å². The molecule has 0 saturated carbocycles. The summed E-state index contributed by atoms with van der Waals surface area (Å²) in [4.78, 5) is 11.2. The van der Waals surface area contributed by atoms with E-state index >= 15 is 0 Å². The Bertz CT molecular complexity index is 472. The Morgan fingerprint density at radius 2 is 2.06 bits per heavy atom. The second kappa shape index (κ2) is 5.54. The quantitative estimate of drug-likeness (QED) is 0.887. The van der Waals surface area contributed by atoms with E-state index in [1.807, 2.05) is 6.07 Å². The van der Waals surface area contributed by atoms with Crippen LogP contribution in [0.15, 0.2) is 30.0 Å². The van der Waals surface area contributed by atoms with E-state index in [-0.39, 0.29) is 5.78 Å². The topological polar surface area (TPSA) is 41.1 Å². The normalized spacial score (nSPS) is 15.4. The van der Waals surface area contributed by atoms with Crippen molar-refractivity contribution in [2.45, 2.75) is 12.8 Å². The highest BCUT2D eigenvalue weighted by Gasteiger charge is 2.09. The van der Waals surface area contributed by atoms with E-state index in [4.69, 9.17) is 23.2 Å². The van der Waals surface area contributed by atoms with Gasteiger partial charge in [-0.1, -0.05) is 23.2 Å². The molecule has 1 aromatic rings. The molecule has 1 aromatic carbocycles. The molecular formula is C12H12Cl2N2O. The van der Waals surface area contributed by atoms with Gasteiger partial charge in [0.2, 0.25) is 0 Å². The smallest absolute Gasteiger partial charge is 0.173 e. The van der Waals surface area contributed by atoms with E-state index in [2.05, 4.69) is 10.9 Å². The molecule has 1 aliphatic rings. The molecule has 0 fully saturated rings. The highest BCUT2D eigenvalue weighted by Crippen LogP contribution is 2.22. The summed E-state index contributed by atoms with van der Waals surface area (Å²) >= 11 is 12.0. The van der Waals surface area contributed by atoms with E-state index in [9.17, 15) is 4.79 Å². The highest BCUT2D eigenvalue weighted by atomic mass is 35.5. The molecule has 1 aliphatic heterocycles. The van der Waals surface area contributed by atoms with Crippen LogP contribution in [0, 0.1) is 0 Å². The molecule has 0 aromatic heterocycles. The van der Waals surface area contributed by atoms with Gasteiger partial charge in [-0.15, -0.1) is 0 Å². The van der Waals surface area contributed by atoms with Gasteiger partial charge in [-0.2, -0.15) is 0 Å². The average molecular weight is 271 g/mol. The van der Waals surface area contributed by atoms with Gasteiger partial charge in [0, 0.05) is 21.8 Å². The zero-order valence-electron chi connectivity index (χ0n) is 9.09. The van der Waals surface area contributed by atoms with Crippen molar-refractivity contribution in [2.75, 3.05) is 6.54 Å². The molecule has 0 atom stereocenters. The van der Waals surface area contributed by atoms with Crippen molar-refractivity contribution in [3.8, 4) is 0 Å². The number of nitrogens with one attached hydrogen (secondary N) is 2. The fourth-order valence-corrected chi connectivity index (χ4v) is 2.07. The predicted octanol–water partition coefficient (Wildman–Crippen LogP) is 2.49. The van der Waals surface area contributed by atoms with E-state index in [0.29, 0.717) is 16.6 Å². The van der Waals surface area contributed by atoms with Crippen LogP contribution in [-0.2, 0) is 11.2 Å². The Morgan fingerprint density at radius 3 is 2.82 bits per heavy atom. The van der Waals surface area contributed by atoms with Crippen molar-refractivity contribution >= 4 is 29.0 Å². The first-order chi connectivity index (χ1) is 8.15. The third kappa shape index (κ3) is 3.46. The molecule has 0 spiro atoms. The lowest BCUT2D eigenvalue weighted by Gasteiger charge is -2.16. The van der Waals surface area contributed by atoms with E-state index in [0.717, 1.165) is 24.1 Å². The van der Waals surface area contributed by atoms with Crippen LogP contribution in [0.4, 0.5) is 0 Å². The van der Waals surface area contributed by atoms with Gasteiger partial charge in [0.15, 0.2) is 5.78 Å². The molecule has 0 aliphatic carbocycles. The molecule has 0 saturated heterocycles. The maximum absolute atomic E-state index is 11.2. The van der Waals surface area contributed by atoms with Crippen LogP contribution in [0.1, 0.15) is 12.0 Å². The first-order valence-corrected chi connectivity index (χ1v) is 6.07. The molecule has 5 heteroatoms. The van der Waals surface area contributed by atoms with Gasteiger partial charge in [0.25, 0.3) is 0 Å². The van der Waals surface area contributed by atoms with Crippen molar-refractivity contribution < 1.29 is 4.79 Å². The number of allylic oxidation sites excluding steroid dienone is 1. The highest BCUT2D eigenvalue weighted by molar-refractivity contribution is 6.33. The molecule has 2 rings (SSSR count). The number of aryl methyl sites for hydroxylation is 1. The van der Waals surface area contributed by atoms with Crippen LogP contribution < -0.4 is 10.9 Å². The first kappa shape index (κ1) is 12.4. The monoisotopic (exact) mass is 270 g/mol. The van der Waals surface area contributed by atoms with Gasteiger partial charge in [0.05, 0.1) is 6.54 Å². The fraction of sp³-hybridized carbons (Fsp3) is 0.250. The number of halogens is 2. The molecule has 0 amide bonds. The van der Waals surface area contributed by atoms with Crippen LogP contribution in [0.5, 0.6) is 0 Å². The van der Waals surface area contributed by atoms with Gasteiger partial charge in [-0.3, -0.25) is 4.79 Å². The van der Waals surface area contributed by atoms with Crippen LogP contribution in [0.25, 0.3) is 0 Å². The lowest BCUT2D eigenvalue weighted by atomic mass is 10.1. The van der Waals surface area contributed by atoms with E-state index < -0.39 is 0 Å². The molecule has 3 nitrogen and oxygen atoms in total. The molecule has 0 radical (unpaired) electrons. The molecule has 0 bridgehead atoms. The zero-order valence-corrected chi connectivity index (χ0v) is 10.6. The third-order valence-corrected chi connectivity index (χ3v) is 3.12. The maximum Gasteiger partial charge on any atom is 0.173 e. The number of ketones is 1. The van der Waals surface area contributed by atoms with Crippen molar-refractivity contribution in [3.63, 3.8) is 0 Å². The van der Waals surface area contributed by atoms with Gasteiger partial charge in [0.1, 0.15) is 0 Å². The molecule has 2 N–H and O–H groups in total. The summed E-state index contributed by atoms with van der Waals surface area (Å²) in [7, 11) is 0. The molecule has 1 heterocycles. The minimum atomic E-state index is 0.0796. The first-order valence-electron chi connectivity index (χ1n) is 5.31. The summed E-state index contributed by atoms with van der Waals surface area (Å²) in [5, 5.41) is 1.37. The summed E-state index contributed by atoms with van der Waals surface area (Å²) in [5.74, 6) is 0.0796. The number of hydrazine groups is 1. The van der Waals surface area contributed by atoms with Crippen molar-refractivity contribution in [1.29, 1.82) is 0 Å². The van der Waals surface area contributed by atoms with Crippen LogP contribution in [0.2, 0.25) is 10.0 Å². The number of hydrogen-bond acceptors (Lipinski definition) is 3. The maximum atomic E-state index is 11.2. The van der Waals surface area contributed by atoms with Gasteiger partial charge in [-0.05, 0) is 36.6 Å². The molecule has 17 heavy (non-hydrogen) atoms. The Hall–Kier alpha value is -1.03. The molecule has 0 unspecified atom stereocenters. The molecule has 90 valence electrons. The second-order valence-electron chi connectivity index (χ2n) is 3.85. The number of rotatable bonds is 3. The van der Waals surface area contributed by atoms with Crippen molar-refractivity contribution in [2.24, 2.45) is 0 Å². The summed E-state index contributed by atoms with van der Waals surface area (Å²) in [5.41, 5.74) is 7.65. The van der Waals surface area contributed by atoms with Crippen molar-refractivity contribution in [3.05, 3.63) is 45.6 Å². The van der Waals surface area contributed by atoms with Crippen LogP contribution >= 0.6 is 23.2 Å². The largest absolute Gasteiger partial charge is 0.325 e.